The van der Waals surface area contributed by atoms with Crippen LogP contribution >= 0.6 is 0 Å². The Kier molecular flexibility index (Phi) is 3.02. The highest BCUT2D eigenvalue weighted by atomic mass is 16.4. The van der Waals surface area contributed by atoms with Crippen molar-refractivity contribution in [3.8, 4) is 0 Å². The van der Waals surface area contributed by atoms with Gasteiger partial charge in [0.25, 0.3) is 0 Å². The van der Waals surface area contributed by atoms with Crippen molar-refractivity contribution in [1.29, 1.82) is 0 Å². The van der Waals surface area contributed by atoms with Gasteiger partial charge in [0.05, 0.1) is 11.5 Å². The van der Waals surface area contributed by atoms with Crippen molar-refractivity contribution in [2.24, 2.45) is 28.1 Å². The summed E-state index contributed by atoms with van der Waals surface area (Å²) < 4.78 is 0. The lowest BCUT2D eigenvalue weighted by atomic mass is 9.44. The van der Waals surface area contributed by atoms with E-state index in [4.69, 9.17) is 0 Å². The van der Waals surface area contributed by atoms with Crippen molar-refractivity contribution in [3.05, 3.63) is 23.8 Å². The molecule has 0 radical (unpaired) electrons. The largest absolute Gasteiger partial charge is 0.481 e. The van der Waals surface area contributed by atoms with E-state index in [2.05, 4.69) is 19.6 Å². The number of carbonyl (C=O) groups is 1. The number of carboxylic acid groups (broad SMARTS) is 1. The van der Waals surface area contributed by atoms with Crippen LogP contribution < -0.4 is 0 Å². The predicted molar refractivity (Wildman–Crippen MR) is 88.8 cm³/mol. The zero-order valence-electron chi connectivity index (χ0n) is 14.3. The van der Waals surface area contributed by atoms with Gasteiger partial charge in [-0.05, 0) is 62.2 Å². The Balaban J connectivity index is 1.83. The lowest BCUT2D eigenvalue weighted by Gasteiger charge is -2.60. The number of allylic oxidation sites excluding steroid dienone is 1. The van der Waals surface area contributed by atoms with Crippen molar-refractivity contribution >= 4 is 5.97 Å². The van der Waals surface area contributed by atoms with E-state index in [-0.39, 0.29) is 22.7 Å². The third-order valence-corrected chi connectivity index (χ3v) is 7.97. The maximum atomic E-state index is 12.0. The maximum Gasteiger partial charge on any atom is 0.309 e. The van der Waals surface area contributed by atoms with Gasteiger partial charge in [0.15, 0.2) is 0 Å². The van der Waals surface area contributed by atoms with Gasteiger partial charge in [0.2, 0.25) is 0 Å². The van der Waals surface area contributed by atoms with Gasteiger partial charge in [0, 0.05) is 5.92 Å². The number of hydrogen-bond acceptors (Lipinski definition) is 2. The molecule has 3 nitrogen and oxygen atoms in total. The summed E-state index contributed by atoms with van der Waals surface area (Å²) in [7, 11) is 0. The summed E-state index contributed by atoms with van der Waals surface area (Å²) in [5, 5.41) is 20.5. The minimum Gasteiger partial charge on any atom is -0.481 e. The van der Waals surface area contributed by atoms with Crippen LogP contribution in [0.3, 0.4) is 0 Å². The molecule has 0 aliphatic heterocycles. The average Bonchev–Trinajstić information content (AvgIpc) is 2.75. The van der Waals surface area contributed by atoms with Crippen LogP contribution in [0.1, 0.15) is 58.8 Å². The molecule has 6 atom stereocenters. The van der Waals surface area contributed by atoms with E-state index in [1.54, 1.807) is 0 Å². The van der Waals surface area contributed by atoms with Gasteiger partial charge in [-0.3, -0.25) is 4.79 Å². The number of fused-ring (bicyclic) bond motifs is 3. The van der Waals surface area contributed by atoms with Crippen LogP contribution in [-0.2, 0) is 4.79 Å². The van der Waals surface area contributed by atoms with E-state index in [9.17, 15) is 15.0 Å². The van der Waals surface area contributed by atoms with Crippen LogP contribution in [-0.4, -0.2) is 22.3 Å². The van der Waals surface area contributed by atoms with Crippen LogP contribution in [0.15, 0.2) is 23.8 Å². The molecule has 126 valence electrons. The molecule has 23 heavy (non-hydrogen) atoms. The van der Waals surface area contributed by atoms with Gasteiger partial charge in [-0.15, -0.1) is 0 Å². The third-order valence-electron chi connectivity index (χ3n) is 7.97. The highest BCUT2D eigenvalue weighted by Gasteiger charge is 2.63. The standard InChI is InChI=1S/C20H28O3/c1-12-10-20-8-5-15-18(2,6-4-7-19(15,3)17(22)23)16(20)9-14(21)13(12)11-20/h9,13-15,21H,1,4-8,10-11H2,2-3H3,(H,22,23)/t13?,14?,15-,18+,19+,20+/m0/s1. The molecule has 2 unspecified atom stereocenters. The van der Waals surface area contributed by atoms with Gasteiger partial charge in [-0.1, -0.05) is 37.1 Å². The number of aliphatic carboxylic acids is 1. The molecule has 0 aromatic rings. The molecule has 4 aliphatic carbocycles. The van der Waals surface area contributed by atoms with Gasteiger partial charge in [-0.2, -0.15) is 0 Å². The molecule has 2 N–H and O–H groups in total. The Morgan fingerprint density at radius 2 is 2.04 bits per heavy atom. The second kappa shape index (κ2) is 4.50. The van der Waals surface area contributed by atoms with Crippen molar-refractivity contribution in [3.63, 3.8) is 0 Å². The molecule has 4 rings (SSSR count). The van der Waals surface area contributed by atoms with Gasteiger partial charge in [-0.25, -0.2) is 0 Å². The minimum atomic E-state index is -0.643. The number of rotatable bonds is 1. The topological polar surface area (TPSA) is 57.5 Å². The highest BCUT2D eigenvalue weighted by molar-refractivity contribution is 5.75. The first-order valence-corrected chi connectivity index (χ1v) is 9.05. The zero-order chi connectivity index (χ0) is 16.6. The van der Waals surface area contributed by atoms with E-state index in [1.807, 2.05) is 6.92 Å². The molecule has 0 aromatic heterocycles. The summed E-state index contributed by atoms with van der Waals surface area (Å²) in [6.45, 7) is 8.46. The predicted octanol–water partition coefficient (Wildman–Crippen LogP) is 3.93. The molecular weight excluding hydrogens is 288 g/mol. The van der Waals surface area contributed by atoms with E-state index >= 15 is 0 Å². The minimum absolute atomic E-state index is 0.0831. The molecular formula is C20H28O3. The van der Waals surface area contributed by atoms with Crippen LogP contribution in [0.5, 0.6) is 0 Å². The van der Waals surface area contributed by atoms with Gasteiger partial charge < -0.3 is 10.2 Å². The Bertz CT molecular complexity index is 620. The van der Waals surface area contributed by atoms with Crippen molar-refractivity contribution in [1.82, 2.24) is 0 Å². The first-order chi connectivity index (χ1) is 10.7. The fraction of sp³-hybridized carbons (Fsp3) is 0.750. The monoisotopic (exact) mass is 316 g/mol. The molecule has 2 bridgehead atoms. The van der Waals surface area contributed by atoms with E-state index in [0.717, 1.165) is 44.9 Å². The normalized spacial score (nSPS) is 51.7. The average molecular weight is 316 g/mol. The fourth-order valence-electron chi connectivity index (χ4n) is 6.87. The maximum absolute atomic E-state index is 12.0. The van der Waals surface area contributed by atoms with Crippen LogP contribution in [0.25, 0.3) is 0 Å². The second-order valence-corrected chi connectivity index (χ2v) is 9.08. The Morgan fingerprint density at radius 1 is 1.30 bits per heavy atom. The molecule has 3 heteroatoms. The summed E-state index contributed by atoms with van der Waals surface area (Å²) in [6.07, 6.45) is 8.53. The van der Waals surface area contributed by atoms with E-state index in [0.29, 0.717) is 0 Å². The zero-order valence-corrected chi connectivity index (χ0v) is 14.3. The Labute approximate surface area is 138 Å². The molecule has 3 saturated carbocycles. The van der Waals surface area contributed by atoms with E-state index in [1.165, 1.54) is 11.1 Å². The molecule has 1 spiro atoms. The smallest absolute Gasteiger partial charge is 0.309 e. The molecule has 0 heterocycles. The summed E-state index contributed by atoms with van der Waals surface area (Å²) in [5.74, 6) is -0.251. The summed E-state index contributed by atoms with van der Waals surface area (Å²) >= 11 is 0. The fourth-order valence-corrected chi connectivity index (χ4v) is 6.87. The molecule has 3 fully saturated rings. The molecule has 0 aromatic carbocycles. The summed E-state index contributed by atoms with van der Waals surface area (Å²) in [5.41, 5.74) is 2.01. The van der Waals surface area contributed by atoms with Crippen LogP contribution in [0.2, 0.25) is 0 Å². The number of carboxylic acids is 1. The number of aliphatic hydroxyl groups is 1. The SMILES string of the molecule is C=C1C[C@@]23CC[C@@H]4[C@](C)(C(=O)O)CCC[C@@]4(C)C2=CC(O)C1C3. The lowest BCUT2D eigenvalue weighted by molar-refractivity contribution is -0.161. The Morgan fingerprint density at radius 3 is 2.74 bits per heavy atom. The van der Waals surface area contributed by atoms with Gasteiger partial charge >= 0.3 is 5.97 Å². The van der Waals surface area contributed by atoms with Gasteiger partial charge in [0.1, 0.15) is 0 Å². The highest BCUT2D eigenvalue weighted by Crippen LogP contribution is 2.70. The van der Waals surface area contributed by atoms with Crippen LogP contribution in [0.4, 0.5) is 0 Å². The van der Waals surface area contributed by atoms with E-state index < -0.39 is 17.5 Å². The summed E-state index contributed by atoms with van der Waals surface area (Å²) in [6, 6.07) is 0. The van der Waals surface area contributed by atoms with Crippen molar-refractivity contribution < 1.29 is 15.0 Å². The van der Waals surface area contributed by atoms with Crippen molar-refractivity contribution in [2.75, 3.05) is 0 Å². The lowest BCUT2D eigenvalue weighted by Crippen LogP contribution is -2.54. The molecule has 0 saturated heterocycles. The number of hydrogen-bond donors (Lipinski definition) is 2. The van der Waals surface area contributed by atoms with Crippen molar-refractivity contribution in [2.45, 2.75) is 64.9 Å². The Hall–Kier alpha value is -1.09. The summed E-state index contributed by atoms with van der Waals surface area (Å²) in [4.78, 5) is 12.0. The molecule has 4 aliphatic rings. The third kappa shape index (κ3) is 1.77. The van der Waals surface area contributed by atoms with Crippen LogP contribution in [0, 0.1) is 28.1 Å². The molecule has 0 amide bonds. The first-order valence-electron chi connectivity index (χ1n) is 9.05. The first kappa shape index (κ1) is 15.4. The second-order valence-electron chi connectivity index (χ2n) is 9.08. The number of aliphatic hydroxyl groups excluding tert-OH is 1. The quantitative estimate of drug-likeness (QED) is 0.721.